The molecule has 0 aliphatic carbocycles. The van der Waals surface area contributed by atoms with Gasteiger partial charge in [0.1, 0.15) is 10.6 Å². The van der Waals surface area contributed by atoms with Crippen molar-refractivity contribution in [2.45, 2.75) is 51.0 Å². The first-order valence-corrected chi connectivity index (χ1v) is 8.26. The molecule has 0 bridgehead atoms. The summed E-state index contributed by atoms with van der Waals surface area (Å²) in [5.74, 6) is 0.312. The van der Waals surface area contributed by atoms with Gasteiger partial charge in [-0.15, -0.1) is 0 Å². The molecule has 3 N–H and O–H groups in total. The molecule has 1 atom stereocenters. The molecule has 0 aromatic heterocycles. The van der Waals surface area contributed by atoms with E-state index in [2.05, 4.69) is 11.6 Å². The molecule has 0 radical (unpaired) electrons. The first-order chi connectivity index (χ1) is 9.31. The second-order valence-electron chi connectivity index (χ2n) is 5.02. The fourth-order valence-corrected chi connectivity index (χ4v) is 3.41. The van der Waals surface area contributed by atoms with E-state index in [1.165, 1.54) is 13.2 Å². The normalized spacial score (nSPS) is 13.2. The van der Waals surface area contributed by atoms with E-state index in [0.29, 0.717) is 11.4 Å². The van der Waals surface area contributed by atoms with E-state index < -0.39 is 10.0 Å². The Labute approximate surface area is 121 Å². The lowest BCUT2D eigenvalue weighted by molar-refractivity contribution is 0.401. The molecule has 0 saturated heterocycles. The summed E-state index contributed by atoms with van der Waals surface area (Å²) in [5, 5.41) is 0. The molecule has 1 unspecified atom stereocenters. The first kappa shape index (κ1) is 16.8. The summed E-state index contributed by atoms with van der Waals surface area (Å²) in [5.41, 5.74) is 7.03. The van der Waals surface area contributed by atoms with E-state index >= 15 is 0 Å². The van der Waals surface area contributed by atoms with Gasteiger partial charge in [-0.3, -0.25) is 0 Å². The summed E-state index contributed by atoms with van der Waals surface area (Å²) in [4.78, 5) is 0.0893. The maximum absolute atomic E-state index is 12.4. The number of anilines is 1. The molecule has 20 heavy (non-hydrogen) atoms. The van der Waals surface area contributed by atoms with Crippen molar-refractivity contribution in [1.29, 1.82) is 0 Å². The zero-order chi connectivity index (χ0) is 15.3. The van der Waals surface area contributed by atoms with Gasteiger partial charge in [0.2, 0.25) is 10.0 Å². The summed E-state index contributed by atoms with van der Waals surface area (Å²) < 4.78 is 32.6. The van der Waals surface area contributed by atoms with Crippen LogP contribution in [0.4, 0.5) is 5.69 Å². The number of methoxy groups -OCH3 is 1. The van der Waals surface area contributed by atoms with Crippen molar-refractivity contribution < 1.29 is 13.2 Å². The number of nitrogens with two attached hydrogens (primary N) is 1. The number of sulfonamides is 1. The fourth-order valence-electron chi connectivity index (χ4n) is 1.94. The number of aryl methyl sites for hydroxylation is 1. The number of unbranched alkanes of at least 4 members (excludes halogenated alkanes) is 1. The van der Waals surface area contributed by atoms with Crippen molar-refractivity contribution in [3.05, 3.63) is 17.7 Å². The molecule has 0 amide bonds. The molecular weight excluding hydrogens is 276 g/mol. The van der Waals surface area contributed by atoms with Crippen LogP contribution in [0, 0.1) is 6.92 Å². The van der Waals surface area contributed by atoms with Crippen molar-refractivity contribution in [2.24, 2.45) is 0 Å². The first-order valence-electron chi connectivity index (χ1n) is 6.78. The van der Waals surface area contributed by atoms with Crippen molar-refractivity contribution in [3.8, 4) is 5.75 Å². The molecule has 1 rings (SSSR count). The predicted molar refractivity (Wildman–Crippen MR) is 81.5 cm³/mol. The third-order valence-corrected chi connectivity index (χ3v) is 4.80. The molecule has 0 fully saturated rings. The number of nitrogen functional groups attached to an aromatic ring is 1. The van der Waals surface area contributed by atoms with Crippen LogP contribution in [0.5, 0.6) is 5.75 Å². The van der Waals surface area contributed by atoms with E-state index in [-0.39, 0.29) is 10.9 Å². The molecule has 0 aliphatic heterocycles. The average molecular weight is 300 g/mol. The molecule has 0 aliphatic rings. The Morgan fingerprint density at radius 2 is 2.05 bits per heavy atom. The van der Waals surface area contributed by atoms with Gasteiger partial charge in [-0.25, -0.2) is 13.1 Å². The van der Waals surface area contributed by atoms with E-state index in [0.717, 1.165) is 24.8 Å². The number of benzene rings is 1. The summed E-state index contributed by atoms with van der Waals surface area (Å²) in [6, 6.07) is 2.97. The molecule has 1 aromatic rings. The van der Waals surface area contributed by atoms with Gasteiger partial charge in [0.15, 0.2) is 0 Å². The van der Waals surface area contributed by atoms with E-state index in [1.807, 2.05) is 13.8 Å². The van der Waals surface area contributed by atoms with E-state index in [1.54, 1.807) is 6.07 Å². The highest BCUT2D eigenvalue weighted by molar-refractivity contribution is 7.89. The monoisotopic (exact) mass is 300 g/mol. The van der Waals surface area contributed by atoms with Crippen molar-refractivity contribution in [1.82, 2.24) is 4.72 Å². The number of rotatable bonds is 7. The van der Waals surface area contributed by atoms with Gasteiger partial charge in [-0.2, -0.15) is 0 Å². The van der Waals surface area contributed by atoms with Crippen LogP contribution < -0.4 is 15.2 Å². The van der Waals surface area contributed by atoms with Gasteiger partial charge >= 0.3 is 0 Å². The van der Waals surface area contributed by atoms with Crippen LogP contribution in [0.2, 0.25) is 0 Å². The lowest BCUT2D eigenvalue weighted by atomic mass is 10.2. The van der Waals surface area contributed by atoms with Gasteiger partial charge in [0.05, 0.1) is 7.11 Å². The molecular formula is C14H24N2O3S. The van der Waals surface area contributed by atoms with Gasteiger partial charge in [-0.05, 0) is 38.0 Å². The summed E-state index contributed by atoms with van der Waals surface area (Å²) in [6.07, 6.45) is 2.82. The predicted octanol–water partition coefficient (Wildman–Crippen LogP) is 2.44. The Morgan fingerprint density at radius 1 is 1.40 bits per heavy atom. The van der Waals surface area contributed by atoms with Crippen molar-refractivity contribution in [3.63, 3.8) is 0 Å². The Hall–Kier alpha value is -1.27. The number of hydrogen-bond donors (Lipinski definition) is 2. The molecule has 0 saturated carbocycles. The summed E-state index contributed by atoms with van der Waals surface area (Å²) in [6.45, 7) is 5.74. The maximum atomic E-state index is 12.4. The highest BCUT2D eigenvalue weighted by atomic mass is 32.2. The maximum Gasteiger partial charge on any atom is 0.244 e. The third kappa shape index (κ3) is 4.11. The molecule has 6 heteroatoms. The molecule has 0 spiro atoms. The van der Waals surface area contributed by atoms with E-state index in [4.69, 9.17) is 10.5 Å². The van der Waals surface area contributed by atoms with Crippen molar-refractivity contribution in [2.75, 3.05) is 12.8 Å². The Bertz CT molecular complexity index is 556. The van der Waals surface area contributed by atoms with Crippen LogP contribution in [0.3, 0.4) is 0 Å². The minimum absolute atomic E-state index is 0.0893. The van der Waals surface area contributed by atoms with Crippen LogP contribution in [-0.4, -0.2) is 21.6 Å². The van der Waals surface area contributed by atoms with Gasteiger partial charge in [0.25, 0.3) is 0 Å². The lowest BCUT2D eigenvalue weighted by Crippen LogP contribution is -2.32. The van der Waals surface area contributed by atoms with Crippen LogP contribution >= 0.6 is 0 Å². The quantitative estimate of drug-likeness (QED) is 0.758. The molecule has 114 valence electrons. The number of ether oxygens (including phenoxy) is 1. The van der Waals surface area contributed by atoms with Gasteiger partial charge in [0, 0.05) is 11.7 Å². The average Bonchev–Trinajstić information content (AvgIpc) is 2.38. The zero-order valence-corrected chi connectivity index (χ0v) is 13.4. The minimum Gasteiger partial charge on any atom is -0.495 e. The number of nitrogens with one attached hydrogen (secondary N) is 1. The second-order valence-corrected chi connectivity index (χ2v) is 6.71. The van der Waals surface area contributed by atoms with Gasteiger partial charge in [-0.1, -0.05) is 19.8 Å². The fraction of sp³-hybridized carbons (Fsp3) is 0.571. The zero-order valence-electron chi connectivity index (χ0n) is 12.6. The highest BCUT2D eigenvalue weighted by Crippen LogP contribution is 2.29. The molecule has 5 nitrogen and oxygen atoms in total. The Morgan fingerprint density at radius 3 is 2.60 bits per heavy atom. The van der Waals surface area contributed by atoms with Gasteiger partial charge < -0.3 is 10.5 Å². The standard InChI is InChI=1S/C14H24N2O3S/c1-5-6-7-11(3)16-20(17,18)14-9-12(15)10(2)8-13(14)19-4/h8-9,11,16H,5-7,15H2,1-4H3. The van der Waals surface area contributed by atoms with Crippen LogP contribution in [-0.2, 0) is 10.0 Å². The Kier molecular flexibility index (Phi) is 5.83. The smallest absolute Gasteiger partial charge is 0.244 e. The Balaban J connectivity index is 3.06. The highest BCUT2D eigenvalue weighted by Gasteiger charge is 2.22. The summed E-state index contributed by atoms with van der Waals surface area (Å²) >= 11 is 0. The molecule has 1 aromatic carbocycles. The largest absolute Gasteiger partial charge is 0.495 e. The topological polar surface area (TPSA) is 81.4 Å². The van der Waals surface area contributed by atoms with Crippen molar-refractivity contribution >= 4 is 15.7 Å². The summed E-state index contributed by atoms with van der Waals surface area (Å²) in [7, 11) is -2.18. The van der Waals surface area contributed by atoms with E-state index in [9.17, 15) is 8.42 Å². The molecule has 0 heterocycles. The van der Waals surface area contributed by atoms with Crippen LogP contribution in [0.1, 0.15) is 38.7 Å². The number of hydrogen-bond acceptors (Lipinski definition) is 4. The SMILES string of the molecule is CCCCC(C)NS(=O)(=O)c1cc(N)c(C)cc1OC. The minimum atomic E-state index is -3.63. The lowest BCUT2D eigenvalue weighted by Gasteiger charge is -2.16. The third-order valence-electron chi connectivity index (χ3n) is 3.19. The van der Waals surface area contributed by atoms with Crippen LogP contribution in [0.25, 0.3) is 0 Å². The second kappa shape index (κ2) is 6.95. The van der Waals surface area contributed by atoms with Crippen LogP contribution in [0.15, 0.2) is 17.0 Å².